The zero-order chi connectivity index (χ0) is 13.9. The SMILES string of the molecule is CNC(C)CNS(=O)(=O)c1cc(Cl)c(C)c(Cl)c1.Cl. The van der Waals surface area contributed by atoms with E-state index < -0.39 is 10.0 Å². The van der Waals surface area contributed by atoms with Gasteiger partial charge in [0.15, 0.2) is 0 Å². The van der Waals surface area contributed by atoms with Crippen LogP contribution in [0.4, 0.5) is 0 Å². The number of nitrogens with one attached hydrogen (secondary N) is 2. The molecule has 0 bridgehead atoms. The van der Waals surface area contributed by atoms with Crippen LogP contribution in [-0.2, 0) is 10.0 Å². The van der Waals surface area contributed by atoms with Gasteiger partial charge in [-0.05, 0) is 38.6 Å². The lowest BCUT2D eigenvalue weighted by Crippen LogP contribution is -2.37. The minimum absolute atomic E-state index is 0. The van der Waals surface area contributed by atoms with Crippen molar-refractivity contribution in [3.8, 4) is 0 Å². The molecule has 0 saturated carbocycles. The number of rotatable bonds is 5. The van der Waals surface area contributed by atoms with E-state index in [4.69, 9.17) is 23.2 Å². The number of halogens is 3. The summed E-state index contributed by atoms with van der Waals surface area (Å²) in [6.07, 6.45) is 0. The third-order valence-electron chi connectivity index (χ3n) is 2.64. The molecule has 0 aliphatic rings. The maximum atomic E-state index is 12.0. The molecule has 1 unspecified atom stereocenters. The highest BCUT2D eigenvalue weighted by Crippen LogP contribution is 2.27. The quantitative estimate of drug-likeness (QED) is 0.861. The Kier molecular flexibility index (Phi) is 7.65. The minimum Gasteiger partial charge on any atom is -0.316 e. The molecule has 1 aromatic rings. The first kappa shape index (κ1) is 19.0. The van der Waals surface area contributed by atoms with Gasteiger partial charge in [0, 0.05) is 22.6 Å². The summed E-state index contributed by atoms with van der Waals surface area (Å²) >= 11 is 11.9. The zero-order valence-electron chi connectivity index (χ0n) is 10.8. The molecule has 0 aliphatic carbocycles. The van der Waals surface area contributed by atoms with Crippen LogP contribution >= 0.6 is 35.6 Å². The van der Waals surface area contributed by atoms with Crippen LogP contribution in [0.1, 0.15) is 12.5 Å². The van der Waals surface area contributed by atoms with Gasteiger partial charge in [-0.25, -0.2) is 13.1 Å². The Morgan fingerprint density at radius 2 is 1.74 bits per heavy atom. The van der Waals surface area contributed by atoms with Crippen LogP contribution in [0.25, 0.3) is 0 Å². The van der Waals surface area contributed by atoms with Gasteiger partial charge in [0.1, 0.15) is 0 Å². The van der Waals surface area contributed by atoms with E-state index in [1.165, 1.54) is 12.1 Å². The van der Waals surface area contributed by atoms with Crippen LogP contribution in [0, 0.1) is 6.92 Å². The molecule has 0 saturated heterocycles. The standard InChI is InChI=1S/C11H16Cl2N2O2S.ClH/c1-7(14-3)6-15-18(16,17)9-4-10(12)8(2)11(13)5-9;/h4-5,7,14-15H,6H2,1-3H3;1H. The minimum atomic E-state index is -3.59. The Morgan fingerprint density at radius 3 is 2.16 bits per heavy atom. The van der Waals surface area contributed by atoms with Crippen molar-refractivity contribution >= 4 is 45.6 Å². The molecule has 8 heteroatoms. The molecule has 4 nitrogen and oxygen atoms in total. The van der Waals surface area contributed by atoms with Gasteiger partial charge in [-0.3, -0.25) is 0 Å². The normalized spacial score (nSPS) is 12.9. The summed E-state index contributed by atoms with van der Waals surface area (Å²) < 4.78 is 26.5. The zero-order valence-corrected chi connectivity index (χ0v) is 14.0. The fourth-order valence-corrected chi connectivity index (χ4v) is 3.00. The smallest absolute Gasteiger partial charge is 0.240 e. The van der Waals surface area contributed by atoms with E-state index in [0.29, 0.717) is 22.2 Å². The largest absolute Gasteiger partial charge is 0.316 e. The molecular formula is C11H17Cl3N2O2S. The van der Waals surface area contributed by atoms with E-state index in [0.717, 1.165) is 0 Å². The lowest BCUT2D eigenvalue weighted by atomic mass is 10.2. The topological polar surface area (TPSA) is 58.2 Å². The highest BCUT2D eigenvalue weighted by molar-refractivity contribution is 7.89. The monoisotopic (exact) mass is 346 g/mol. The molecule has 1 atom stereocenters. The van der Waals surface area contributed by atoms with Gasteiger partial charge in [0.25, 0.3) is 0 Å². The first-order chi connectivity index (χ1) is 8.27. The molecule has 19 heavy (non-hydrogen) atoms. The van der Waals surface area contributed by atoms with Crippen molar-refractivity contribution in [2.24, 2.45) is 0 Å². The van der Waals surface area contributed by atoms with Crippen molar-refractivity contribution in [3.63, 3.8) is 0 Å². The highest BCUT2D eigenvalue weighted by Gasteiger charge is 2.17. The van der Waals surface area contributed by atoms with Crippen LogP contribution in [0.5, 0.6) is 0 Å². The van der Waals surface area contributed by atoms with E-state index >= 15 is 0 Å². The summed E-state index contributed by atoms with van der Waals surface area (Å²) in [4.78, 5) is 0.0754. The number of sulfonamides is 1. The van der Waals surface area contributed by atoms with E-state index in [1.54, 1.807) is 14.0 Å². The third kappa shape index (κ3) is 5.10. The van der Waals surface area contributed by atoms with E-state index in [2.05, 4.69) is 10.0 Å². The van der Waals surface area contributed by atoms with Crippen LogP contribution in [0.15, 0.2) is 17.0 Å². The molecule has 2 N–H and O–H groups in total. The molecular weight excluding hydrogens is 331 g/mol. The molecule has 0 aromatic heterocycles. The Hall–Kier alpha value is -0.0400. The van der Waals surface area contributed by atoms with Gasteiger partial charge in [0.05, 0.1) is 4.90 Å². The predicted molar refractivity (Wildman–Crippen MR) is 82.2 cm³/mol. The summed E-state index contributed by atoms with van der Waals surface area (Å²) in [5.41, 5.74) is 0.667. The van der Waals surface area contributed by atoms with Gasteiger partial charge < -0.3 is 5.32 Å². The third-order valence-corrected chi connectivity index (χ3v) is 4.83. The molecule has 1 rings (SSSR count). The molecule has 110 valence electrons. The second-order valence-electron chi connectivity index (χ2n) is 4.05. The van der Waals surface area contributed by atoms with Gasteiger partial charge in [-0.1, -0.05) is 23.2 Å². The van der Waals surface area contributed by atoms with E-state index in [9.17, 15) is 8.42 Å². The highest BCUT2D eigenvalue weighted by atomic mass is 35.5. The first-order valence-corrected chi connectivity index (χ1v) is 7.64. The number of hydrogen-bond donors (Lipinski definition) is 2. The summed E-state index contributed by atoms with van der Waals surface area (Å²) in [5.74, 6) is 0. The van der Waals surface area contributed by atoms with Crippen molar-refractivity contribution in [1.29, 1.82) is 0 Å². The van der Waals surface area contributed by atoms with Gasteiger partial charge in [0.2, 0.25) is 10.0 Å². The summed E-state index contributed by atoms with van der Waals surface area (Å²) in [6, 6.07) is 2.83. The van der Waals surface area contributed by atoms with Crippen molar-refractivity contribution in [2.75, 3.05) is 13.6 Å². The van der Waals surface area contributed by atoms with Gasteiger partial charge >= 0.3 is 0 Å². The average molecular weight is 348 g/mol. The maximum Gasteiger partial charge on any atom is 0.240 e. The molecule has 0 heterocycles. The second kappa shape index (κ2) is 7.67. The van der Waals surface area contributed by atoms with Crippen molar-refractivity contribution in [3.05, 3.63) is 27.7 Å². The first-order valence-electron chi connectivity index (χ1n) is 5.40. The van der Waals surface area contributed by atoms with Gasteiger partial charge in [-0.15, -0.1) is 12.4 Å². The van der Waals surface area contributed by atoms with Gasteiger partial charge in [-0.2, -0.15) is 0 Å². The average Bonchev–Trinajstić information content (AvgIpc) is 2.32. The lowest BCUT2D eigenvalue weighted by Gasteiger charge is -2.13. The van der Waals surface area contributed by atoms with Crippen LogP contribution < -0.4 is 10.0 Å². The molecule has 0 radical (unpaired) electrons. The molecule has 0 aliphatic heterocycles. The Labute approximate surface area is 130 Å². The lowest BCUT2D eigenvalue weighted by molar-refractivity contribution is 0.554. The molecule has 0 fully saturated rings. The van der Waals surface area contributed by atoms with E-state index in [1.807, 2.05) is 6.92 Å². The van der Waals surface area contributed by atoms with Crippen molar-refractivity contribution in [2.45, 2.75) is 24.8 Å². The summed E-state index contributed by atoms with van der Waals surface area (Å²) in [7, 11) is -1.82. The Balaban J connectivity index is 0.00000324. The molecule has 0 spiro atoms. The Bertz CT molecular complexity index is 512. The van der Waals surface area contributed by atoms with Crippen LogP contribution in [0.3, 0.4) is 0 Å². The Morgan fingerprint density at radius 1 is 1.26 bits per heavy atom. The van der Waals surface area contributed by atoms with Crippen LogP contribution in [0.2, 0.25) is 10.0 Å². The summed E-state index contributed by atoms with van der Waals surface area (Å²) in [5, 5.41) is 3.62. The van der Waals surface area contributed by atoms with Crippen molar-refractivity contribution < 1.29 is 8.42 Å². The van der Waals surface area contributed by atoms with Crippen LogP contribution in [-0.4, -0.2) is 28.1 Å². The molecule has 0 amide bonds. The van der Waals surface area contributed by atoms with E-state index in [-0.39, 0.29) is 23.3 Å². The predicted octanol–water partition coefficient (Wildman–Crippen LogP) is 2.61. The summed E-state index contributed by atoms with van der Waals surface area (Å²) in [6.45, 7) is 3.90. The number of likely N-dealkylation sites (N-methyl/N-ethyl adjacent to an activating group) is 1. The maximum absolute atomic E-state index is 12.0. The fraction of sp³-hybridized carbons (Fsp3) is 0.455. The van der Waals surface area contributed by atoms with Crippen molar-refractivity contribution in [1.82, 2.24) is 10.0 Å². The second-order valence-corrected chi connectivity index (χ2v) is 6.63. The molecule has 1 aromatic carbocycles. The number of benzene rings is 1. The number of hydrogen-bond acceptors (Lipinski definition) is 3. The fourth-order valence-electron chi connectivity index (χ4n) is 1.20.